The van der Waals surface area contributed by atoms with E-state index >= 15 is 0 Å². The molecule has 1 N–H and O–H groups in total. The van der Waals surface area contributed by atoms with E-state index in [9.17, 15) is 5.11 Å². The van der Waals surface area contributed by atoms with E-state index in [-0.39, 0.29) is 6.61 Å². The van der Waals surface area contributed by atoms with Gasteiger partial charge in [0.05, 0.1) is 6.61 Å². The number of rotatable bonds is 3. The molecular formula is C14H23N3O. The van der Waals surface area contributed by atoms with E-state index in [4.69, 9.17) is 0 Å². The van der Waals surface area contributed by atoms with E-state index in [1.165, 1.54) is 19.3 Å². The lowest BCUT2D eigenvalue weighted by atomic mass is 9.89. The molecule has 1 unspecified atom stereocenters. The zero-order chi connectivity index (χ0) is 13.0. The topological polar surface area (TPSA) is 49.2 Å². The number of aliphatic hydroxyl groups excluding tert-OH is 1. The molecule has 18 heavy (non-hydrogen) atoms. The summed E-state index contributed by atoms with van der Waals surface area (Å²) < 4.78 is 0. The summed E-state index contributed by atoms with van der Waals surface area (Å²) in [7, 11) is 0. The van der Waals surface area contributed by atoms with Gasteiger partial charge in [-0.3, -0.25) is 0 Å². The van der Waals surface area contributed by atoms with E-state index in [2.05, 4.69) is 28.7 Å². The van der Waals surface area contributed by atoms with E-state index < -0.39 is 0 Å². The van der Waals surface area contributed by atoms with Crippen LogP contribution in [0.4, 0.5) is 5.82 Å². The Morgan fingerprint density at radius 3 is 2.94 bits per heavy atom. The van der Waals surface area contributed by atoms with Gasteiger partial charge in [-0.2, -0.15) is 0 Å². The maximum absolute atomic E-state index is 9.35. The van der Waals surface area contributed by atoms with Gasteiger partial charge in [-0.25, -0.2) is 9.97 Å². The maximum atomic E-state index is 9.35. The van der Waals surface area contributed by atoms with Crippen molar-refractivity contribution in [1.29, 1.82) is 0 Å². The summed E-state index contributed by atoms with van der Waals surface area (Å²) in [5.41, 5.74) is 0.834. The van der Waals surface area contributed by atoms with Crippen LogP contribution in [0, 0.1) is 11.8 Å². The summed E-state index contributed by atoms with van der Waals surface area (Å²) in [6.07, 6.45) is 7.00. The molecule has 1 saturated heterocycles. The first-order valence-corrected chi connectivity index (χ1v) is 6.87. The molecule has 1 aliphatic rings. The molecule has 0 amide bonds. The SMILES string of the molecule is CC(C)C1CCCN(c2ncncc2CO)CC1. The van der Waals surface area contributed by atoms with E-state index in [1.54, 1.807) is 12.5 Å². The molecule has 0 saturated carbocycles. The van der Waals surface area contributed by atoms with Gasteiger partial charge in [0.15, 0.2) is 0 Å². The first kappa shape index (κ1) is 13.3. The second-order valence-corrected chi connectivity index (χ2v) is 5.45. The fourth-order valence-corrected chi connectivity index (χ4v) is 2.75. The van der Waals surface area contributed by atoms with E-state index in [1.807, 2.05) is 0 Å². The number of hydrogen-bond donors (Lipinski definition) is 1. The van der Waals surface area contributed by atoms with Gasteiger partial charge in [0, 0.05) is 24.8 Å². The Kier molecular flexibility index (Phi) is 4.53. The van der Waals surface area contributed by atoms with Gasteiger partial charge in [-0.15, -0.1) is 0 Å². The molecule has 1 aromatic rings. The van der Waals surface area contributed by atoms with Gasteiger partial charge in [0.2, 0.25) is 0 Å². The zero-order valence-electron chi connectivity index (χ0n) is 11.3. The highest BCUT2D eigenvalue weighted by atomic mass is 16.3. The van der Waals surface area contributed by atoms with E-state index in [0.29, 0.717) is 0 Å². The van der Waals surface area contributed by atoms with Crippen LogP contribution in [-0.4, -0.2) is 28.2 Å². The van der Waals surface area contributed by atoms with Crippen molar-refractivity contribution in [2.45, 2.75) is 39.7 Å². The van der Waals surface area contributed by atoms with Crippen LogP contribution in [0.5, 0.6) is 0 Å². The Bertz CT molecular complexity index is 381. The van der Waals surface area contributed by atoms with Crippen LogP contribution < -0.4 is 4.90 Å². The Morgan fingerprint density at radius 1 is 1.39 bits per heavy atom. The summed E-state index contributed by atoms with van der Waals surface area (Å²) >= 11 is 0. The number of aromatic nitrogens is 2. The maximum Gasteiger partial charge on any atom is 0.137 e. The predicted molar refractivity (Wildman–Crippen MR) is 72.3 cm³/mol. The van der Waals surface area contributed by atoms with Gasteiger partial charge in [-0.1, -0.05) is 13.8 Å². The normalized spacial score (nSPS) is 21.1. The molecule has 0 spiro atoms. The number of hydrogen-bond acceptors (Lipinski definition) is 4. The molecule has 2 rings (SSSR count). The monoisotopic (exact) mass is 249 g/mol. The summed E-state index contributed by atoms with van der Waals surface area (Å²) in [6, 6.07) is 0. The molecule has 4 heteroatoms. The second-order valence-electron chi connectivity index (χ2n) is 5.45. The molecule has 0 bridgehead atoms. The minimum Gasteiger partial charge on any atom is -0.391 e. The van der Waals surface area contributed by atoms with Crippen molar-refractivity contribution >= 4 is 5.82 Å². The largest absolute Gasteiger partial charge is 0.391 e. The lowest BCUT2D eigenvalue weighted by molar-refractivity contribution is 0.281. The third kappa shape index (κ3) is 2.99. The molecule has 1 aromatic heterocycles. The third-order valence-corrected chi connectivity index (χ3v) is 3.95. The van der Waals surface area contributed by atoms with Crippen LogP contribution in [0.15, 0.2) is 12.5 Å². The Hall–Kier alpha value is -1.16. The summed E-state index contributed by atoms with van der Waals surface area (Å²) in [4.78, 5) is 10.6. The molecule has 0 aromatic carbocycles. The van der Waals surface area contributed by atoms with Gasteiger partial charge < -0.3 is 10.0 Å². The smallest absolute Gasteiger partial charge is 0.137 e. The molecule has 0 radical (unpaired) electrons. The van der Waals surface area contributed by atoms with Crippen LogP contribution in [0.3, 0.4) is 0 Å². The predicted octanol–water partition coefficient (Wildman–Crippen LogP) is 2.23. The van der Waals surface area contributed by atoms with Crippen molar-refractivity contribution in [2.24, 2.45) is 11.8 Å². The molecule has 0 aliphatic carbocycles. The number of anilines is 1. The van der Waals surface area contributed by atoms with Crippen LogP contribution in [0.1, 0.15) is 38.7 Å². The van der Waals surface area contributed by atoms with Gasteiger partial charge in [-0.05, 0) is 31.1 Å². The van der Waals surface area contributed by atoms with Crippen molar-refractivity contribution in [1.82, 2.24) is 9.97 Å². The lowest BCUT2D eigenvalue weighted by Gasteiger charge is -2.24. The Labute approximate surface area is 109 Å². The van der Waals surface area contributed by atoms with Crippen molar-refractivity contribution < 1.29 is 5.11 Å². The highest BCUT2D eigenvalue weighted by Crippen LogP contribution is 2.27. The summed E-state index contributed by atoms with van der Waals surface area (Å²) in [5.74, 6) is 2.49. The van der Waals surface area contributed by atoms with Crippen LogP contribution in [0.2, 0.25) is 0 Å². The summed E-state index contributed by atoms with van der Waals surface area (Å²) in [6.45, 7) is 6.70. The average Bonchev–Trinajstić information content (AvgIpc) is 2.64. The highest BCUT2D eigenvalue weighted by Gasteiger charge is 2.21. The molecule has 2 heterocycles. The van der Waals surface area contributed by atoms with E-state index in [0.717, 1.165) is 36.3 Å². The second kappa shape index (κ2) is 6.14. The number of aliphatic hydroxyl groups is 1. The minimum atomic E-state index is 0.0142. The first-order valence-electron chi connectivity index (χ1n) is 6.87. The Morgan fingerprint density at radius 2 is 2.22 bits per heavy atom. The van der Waals surface area contributed by atoms with Gasteiger partial charge in [0.25, 0.3) is 0 Å². The Balaban J connectivity index is 2.10. The van der Waals surface area contributed by atoms with Crippen molar-refractivity contribution in [2.75, 3.05) is 18.0 Å². The van der Waals surface area contributed by atoms with Crippen LogP contribution in [-0.2, 0) is 6.61 Å². The highest BCUT2D eigenvalue weighted by molar-refractivity contribution is 5.45. The van der Waals surface area contributed by atoms with Crippen molar-refractivity contribution in [3.05, 3.63) is 18.1 Å². The lowest BCUT2D eigenvalue weighted by Crippen LogP contribution is -2.26. The third-order valence-electron chi connectivity index (χ3n) is 3.95. The van der Waals surface area contributed by atoms with Crippen molar-refractivity contribution in [3.63, 3.8) is 0 Å². The standard InChI is InChI=1S/C14H23N3O/c1-11(2)12-4-3-6-17(7-5-12)14-13(9-18)8-15-10-16-14/h8,10-12,18H,3-7,9H2,1-2H3. The van der Waals surface area contributed by atoms with Gasteiger partial charge in [0.1, 0.15) is 12.1 Å². The molecular weight excluding hydrogens is 226 g/mol. The average molecular weight is 249 g/mol. The molecule has 100 valence electrons. The molecule has 1 aliphatic heterocycles. The zero-order valence-corrected chi connectivity index (χ0v) is 11.3. The molecule has 1 atom stereocenters. The van der Waals surface area contributed by atoms with Crippen LogP contribution >= 0.6 is 0 Å². The first-order chi connectivity index (χ1) is 8.72. The quantitative estimate of drug-likeness (QED) is 0.892. The summed E-state index contributed by atoms with van der Waals surface area (Å²) in [5, 5.41) is 9.35. The molecule has 1 fully saturated rings. The fourth-order valence-electron chi connectivity index (χ4n) is 2.75. The van der Waals surface area contributed by atoms with Crippen molar-refractivity contribution in [3.8, 4) is 0 Å². The minimum absolute atomic E-state index is 0.0142. The fraction of sp³-hybridized carbons (Fsp3) is 0.714. The molecule has 4 nitrogen and oxygen atoms in total. The number of nitrogens with zero attached hydrogens (tertiary/aromatic N) is 3. The van der Waals surface area contributed by atoms with Gasteiger partial charge >= 0.3 is 0 Å². The van der Waals surface area contributed by atoms with Crippen LogP contribution in [0.25, 0.3) is 0 Å².